The summed E-state index contributed by atoms with van der Waals surface area (Å²) < 4.78 is 10.4. The first-order valence-electron chi connectivity index (χ1n) is 10.7. The topological polar surface area (TPSA) is 113 Å². The van der Waals surface area contributed by atoms with E-state index in [0.29, 0.717) is 12.8 Å². The van der Waals surface area contributed by atoms with Crippen molar-refractivity contribution in [1.29, 1.82) is 5.26 Å². The van der Waals surface area contributed by atoms with Gasteiger partial charge in [-0.05, 0) is 30.5 Å². The molecular formula is C24H27N3O5. The number of benzene rings is 1. The van der Waals surface area contributed by atoms with Crippen molar-refractivity contribution in [2.75, 3.05) is 13.7 Å². The van der Waals surface area contributed by atoms with E-state index in [1.165, 1.54) is 17.2 Å². The van der Waals surface area contributed by atoms with E-state index in [-0.39, 0.29) is 12.2 Å². The van der Waals surface area contributed by atoms with Gasteiger partial charge in [-0.25, -0.2) is 4.79 Å². The average Bonchev–Trinajstić information content (AvgIpc) is 3.37. The first-order chi connectivity index (χ1) is 15.4. The molecule has 1 atom stereocenters. The molecule has 1 N–H and O–H groups in total. The molecule has 1 aromatic heterocycles. The molecule has 0 aliphatic heterocycles. The highest BCUT2D eigenvalue weighted by atomic mass is 16.5. The first-order valence-corrected chi connectivity index (χ1v) is 10.7. The summed E-state index contributed by atoms with van der Waals surface area (Å²) in [5.41, 5.74) is -0.0399. The SMILES string of the molecule is CN(C(=O)COC(=O)[C@H](Cc1ccccc1)NC(=O)c1ccco1)C1(C#N)CCCCC1. The second-order valence-corrected chi connectivity index (χ2v) is 7.96. The zero-order chi connectivity index (χ0) is 23.0. The van der Waals surface area contributed by atoms with Crippen molar-refractivity contribution >= 4 is 17.8 Å². The van der Waals surface area contributed by atoms with Crippen molar-refractivity contribution in [1.82, 2.24) is 10.2 Å². The third-order valence-electron chi connectivity index (χ3n) is 5.86. The number of nitriles is 1. The maximum Gasteiger partial charge on any atom is 0.329 e. The van der Waals surface area contributed by atoms with Crippen LogP contribution in [0.1, 0.15) is 48.2 Å². The maximum absolute atomic E-state index is 12.8. The van der Waals surface area contributed by atoms with Gasteiger partial charge in [0.2, 0.25) is 0 Å². The largest absolute Gasteiger partial charge is 0.459 e. The van der Waals surface area contributed by atoms with E-state index in [4.69, 9.17) is 9.15 Å². The van der Waals surface area contributed by atoms with Crippen LogP contribution in [-0.2, 0) is 20.7 Å². The third kappa shape index (κ3) is 5.55. The van der Waals surface area contributed by atoms with E-state index in [0.717, 1.165) is 24.8 Å². The molecule has 8 heteroatoms. The second-order valence-electron chi connectivity index (χ2n) is 7.96. The number of rotatable bonds is 8. The van der Waals surface area contributed by atoms with Crippen molar-refractivity contribution in [3.63, 3.8) is 0 Å². The minimum Gasteiger partial charge on any atom is -0.459 e. The van der Waals surface area contributed by atoms with E-state index in [2.05, 4.69) is 11.4 Å². The predicted molar refractivity (Wildman–Crippen MR) is 115 cm³/mol. The minimum atomic E-state index is -1.01. The smallest absolute Gasteiger partial charge is 0.329 e. The molecular weight excluding hydrogens is 410 g/mol. The summed E-state index contributed by atoms with van der Waals surface area (Å²) in [4.78, 5) is 39.3. The molecule has 8 nitrogen and oxygen atoms in total. The fraction of sp³-hybridized carbons (Fsp3) is 0.417. The highest BCUT2D eigenvalue weighted by molar-refractivity contribution is 5.94. The molecule has 0 radical (unpaired) electrons. The minimum absolute atomic E-state index is 0.0694. The molecule has 1 saturated carbocycles. The molecule has 32 heavy (non-hydrogen) atoms. The van der Waals surface area contributed by atoms with Crippen LogP contribution in [0.4, 0.5) is 0 Å². The number of ether oxygens (including phenoxy) is 1. The number of hydrogen-bond donors (Lipinski definition) is 1. The van der Waals surface area contributed by atoms with E-state index >= 15 is 0 Å². The Hall–Kier alpha value is -3.60. The number of hydrogen-bond acceptors (Lipinski definition) is 6. The fourth-order valence-corrected chi connectivity index (χ4v) is 3.91. The Labute approximate surface area is 187 Å². The van der Waals surface area contributed by atoms with Crippen LogP contribution >= 0.6 is 0 Å². The van der Waals surface area contributed by atoms with Gasteiger partial charge in [0.25, 0.3) is 11.8 Å². The molecule has 168 valence electrons. The lowest BCUT2D eigenvalue weighted by Gasteiger charge is -2.38. The summed E-state index contributed by atoms with van der Waals surface area (Å²) in [6.07, 6.45) is 5.57. The predicted octanol–water partition coefficient (Wildman–Crippen LogP) is 2.85. The molecule has 1 aliphatic rings. The van der Waals surface area contributed by atoms with Crippen LogP contribution in [0.25, 0.3) is 0 Å². The van der Waals surface area contributed by atoms with E-state index in [1.54, 1.807) is 13.1 Å². The van der Waals surface area contributed by atoms with Crippen molar-refractivity contribution < 1.29 is 23.5 Å². The van der Waals surface area contributed by atoms with Crippen LogP contribution in [0.15, 0.2) is 53.1 Å². The van der Waals surface area contributed by atoms with E-state index < -0.39 is 36.0 Å². The van der Waals surface area contributed by atoms with Gasteiger partial charge >= 0.3 is 5.97 Å². The van der Waals surface area contributed by atoms with Crippen molar-refractivity contribution in [2.24, 2.45) is 0 Å². The van der Waals surface area contributed by atoms with Crippen LogP contribution in [0.2, 0.25) is 0 Å². The molecule has 3 rings (SSSR count). The van der Waals surface area contributed by atoms with Gasteiger partial charge in [0.1, 0.15) is 11.6 Å². The third-order valence-corrected chi connectivity index (χ3v) is 5.86. The van der Waals surface area contributed by atoms with Crippen LogP contribution < -0.4 is 5.32 Å². The van der Waals surface area contributed by atoms with Crippen molar-refractivity contribution in [3.8, 4) is 6.07 Å². The van der Waals surface area contributed by atoms with Crippen LogP contribution in [0.3, 0.4) is 0 Å². The molecule has 1 heterocycles. The summed E-state index contributed by atoms with van der Waals surface area (Å²) in [5, 5.41) is 12.3. The van der Waals surface area contributed by atoms with Gasteiger partial charge in [0.15, 0.2) is 12.4 Å². The Morgan fingerprint density at radius 2 is 1.88 bits per heavy atom. The van der Waals surface area contributed by atoms with E-state index in [1.807, 2.05) is 30.3 Å². The Morgan fingerprint density at radius 3 is 2.50 bits per heavy atom. The second kappa shape index (κ2) is 10.6. The molecule has 0 saturated heterocycles. The summed E-state index contributed by atoms with van der Waals surface area (Å²) in [7, 11) is 1.57. The van der Waals surface area contributed by atoms with Gasteiger partial charge in [0.05, 0.1) is 12.3 Å². The van der Waals surface area contributed by atoms with Gasteiger partial charge in [-0.1, -0.05) is 49.6 Å². The monoisotopic (exact) mass is 437 g/mol. The summed E-state index contributed by atoms with van der Waals surface area (Å²) in [6.45, 7) is -0.499. The fourth-order valence-electron chi connectivity index (χ4n) is 3.91. The molecule has 2 amide bonds. The normalized spacial score (nSPS) is 15.8. The van der Waals surface area contributed by atoms with E-state index in [9.17, 15) is 19.6 Å². The number of nitrogens with one attached hydrogen (secondary N) is 1. The molecule has 0 bridgehead atoms. The zero-order valence-electron chi connectivity index (χ0n) is 18.1. The first kappa shape index (κ1) is 23.1. The Morgan fingerprint density at radius 1 is 1.16 bits per heavy atom. The number of carbonyl (C=O) groups is 3. The molecule has 0 spiro atoms. The number of furan rings is 1. The Balaban J connectivity index is 1.65. The van der Waals surface area contributed by atoms with Gasteiger partial charge in [-0.15, -0.1) is 0 Å². The molecule has 0 unspecified atom stereocenters. The zero-order valence-corrected chi connectivity index (χ0v) is 18.1. The standard InChI is InChI=1S/C24H27N3O5/c1-27(24(17-25)12-6-3-7-13-24)21(28)16-32-23(30)19(15-18-9-4-2-5-10-18)26-22(29)20-11-8-14-31-20/h2,4-5,8-11,14,19H,3,6-7,12-13,15-16H2,1H3,(H,26,29)/t19-/m0/s1. The quantitative estimate of drug-likeness (QED) is 0.636. The number of nitrogens with zero attached hydrogens (tertiary/aromatic N) is 2. The Kier molecular flexibility index (Phi) is 7.66. The Bertz CT molecular complexity index is 959. The van der Waals surface area contributed by atoms with Crippen molar-refractivity contribution in [2.45, 2.75) is 50.1 Å². The lowest BCUT2D eigenvalue weighted by molar-refractivity contribution is -0.155. The van der Waals surface area contributed by atoms with Crippen LogP contribution in [0, 0.1) is 11.3 Å². The van der Waals surface area contributed by atoms with Gasteiger partial charge < -0.3 is 19.4 Å². The lowest BCUT2D eigenvalue weighted by atomic mass is 9.81. The molecule has 2 aromatic rings. The van der Waals surface area contributed by atoms with Crippen molar-refractivity contribution in [3.05, 3.63) is 60.1 Å². The number of likely N-dealkylation sites (N-methyl/N-ethyl adjacent to an activating group) is 1. The van der Waals surface area contributed by atoms with Gasteiger partial charge in [-0.3, -0.25) is 9.59 Å². The number of esters is 1. The summed E-state index contributed by atoms with van der Waals surface area (Å²) >= 11 is 0. The molecule has 1 aliphatic carbocycles. The number of amides is 2. The maximum atomic E-state index is 12.8. The van der Waals surface area contributed by atoms with Gasteiger partial charge in [-0.2, -0.15) is 5.26 Å². The van der Waals surface area contributed by atoms with Crippen LogP contribution in [0.5, 0.6) is 0 Å². The summed E-state index contributed by atoms with van der Waals surface area (Å²) in [6, 6.07) is 13.5. The van der Waals surface area contributed by atoms with Gasteiger partial charge in [0, 0.05) is 13.5 Å². The molecule has 1 fully saturated rings. The average molecular weight is 437 g/mol. The highest BCUT2D eigenvalue weighted by Gasteiger charge is 2.39. The van der Waals surface area contributed by atoms with Crippen LogP contribution in [-0.4, -0.2) is 47.9 Å². The highest BCUT2D eigenvalue weighted by Crippen LogP contribution is 2.32. The lowest BCUT2D eigenvalue weighted by Crippen LogP contribution is -2.51. The number of carbonyl (C=O) groups excluding carboxylic acids is 3. The summed E-state index contributed by atoms with van der Waals surface area (Å²) in [5.74, 6) is -1.66. The molecule has 1 aromatic carbocycles.